The van der Waals surface area contributed by atoms with Gasteiger partial charge in [0.2, 0.25) is 0 Å². The maximum atomic E-state index is 13.2. The summed E-state index contributed by atoms with van der Waals surface area (Å²) in [6, 6.07) is 13.2. The summed E-state index contributed by atoms with van der Waals surface area (Å²) in [5.41, 5.74) is 9.28. The molecule has 0 bridgehead atoms. The lowest BCUT2D eigenvalue weighted by atomic mass is 10.2. The molecule has 5 rings (SSSR count). The van der Waals surface area contributed by atoms with Crippen LogP contribution in [-0.4, -0.2) is 46.0 Å². The molecule has 0 aliphatic carbocycles. The minimum atomic E-state index is -0.358. The molecule has 0 spiro atoms. The number of halogens is 1. The maximum absolute atomic E-state index is 13.2. The highest BCUT2D eigenvalue weighted by Gasteiger charge is 2.25. The monoisotopic (exact) mass is 432 g/mol. The SMILES string of the molecule is Nc1c(C(=O)NC[C@H]2CCCO2)c2nc3ccccc3nc2n1N=Cc1ccc(F)cc1. The van der Waals surface area contributed by atoms with Crippen LogP contribution in [0.25, 0.3) is 22.2 Å². The first-order valence-electron chi connectivity index (χ1n) is 10.4. The number of para-hydroxylation sites is 2. The molecule has 0 radical (unpaired) electrons. The van der Waals surface area contributed by atoms with E-state index < -0.39 is 0 Å². The van der Waals surface area contributed by atoms with Crippen molar-refractivity contribution >= 4 is 40.1 Å². The number of fused-ring (bicyclic) bond motifs is 2. The number of benzene rings is 2. The average Bonchev–Trinajstić information content (AvgIpc) is 3.41. The number of nitrogens with one attached hydrogen (secondary N) is 1. The highest BCUT2D eigenvalue weighted by atomic mass is 19.1. The molecule has 1 aliphatic rings. The number of carbonyl (C=O) groups excluding carboxylic acids is 1. The summed E-state index contributed by atoms with van der Waals surface area (Å²) < 4.78 is 20.2. The Balaban J connectivity index is 1.58. The van der Waals surface area contributed by atoms with Crippen LogP contribution in [-0.2, 0) is 4.74 Å². The van der Waals surface area contributed by atoms with Gasteiger partial charge in [-0.3, -0.25) is 4.79 Å². The van der Waals surface area contributed by atoms with Crippen molar-refractivity contribution in [2.45, 2.75) is 18.9 Å². The van der Waals surface area contributed by atoms with Crippen molar-refractivity contribution in [2.75, 3.05) is 18.9 Å². The van der Waals surface area contributed by atoms with Gasteiger partial charge in [-0.2, -0.15) is 9.78 Å². The summed E-state index contributed by atoms with van der Waals surface area (Å²) in [6.45, 7) is 1.10. The standard InChI is InChI=1S/C23H21FN6O2/c24-15-9-7-14(8-10-15)12-27-30-21(25)19(23(31)26-13-16-4-3-11-32-16)20-22(30)29-18-6-2-1-5-17(18)28-20/h1-2,5-10,12,16H,3-4,11,13,25H2,(H,26,31)/t16-/m1/s1. The fourth-order valence-corrected chi connectivity index (χ4v) is 3.76. The molecule has 9 heteroatoms. The normalized spacial score (nSPS) is 16.3. The number of carbonyl (C=O) groups is 1. The minimum Gasteiger partial charge on any atom is -0.383 e. The van der Waals surface area contributed by atoms with Crippen LogP contribution in [0.4, 0.5) is 10.2 Å². The quantitative estimate of drug-likeness (QED) is 0.471. The molecule has 1 fully saturated rings. The Labute approximate surface area is 182 Å². The van der Waals surface area contributed by atoms with Crippen molar-refractivity contribution in [1.82, 2.24) is 20.0 Å². The number of hydrogen-bond acceptors (Lipinski definition) is 6. The number of rotatable bonds is 5. The summed E-state index contributed by atoms with van der Waals surface area (Å²) >= 11 is 0. The number of hydrogen-bond donors (Lipinski definition) is 2. The summed E-state index contributed by atoms with van der Waals surface area (Å²) in [4.78, 5) is 22.4. The van der Waals surface area contributed by atoms with Crippen LogP contribution in [0.15, 0.2) is 53.6 Å². The van der Waals surface area contributed by atoms with Gasteiger partial charge in [-0.1, -0.05) is 24.3 Å². The van der Waals surface area contributed by atoms with Crippen LogP contribution in [0.1, 0.15) is 28.8 Å². The maximum Gasteiger partial charge on any atom is 0.257 e. The first-order chi connectivity index (χ1) is 15.6. The van der Waals surface area contributed by atoms with Gasteiger partial charge in [-0.25, -0.2) is 14.4 Å². The van der Waals surface area contributed by atoms with Gasteiger partial charge in [0, 0.05) is 13.2 Å². The molecule has 3 heterocycles. The summed E-state index contributed by atoms with van der Waals surface area (Å²) in [7, 11) is 0. The van der Waals surface area contributed by atoms with Crippen LogP contribution in [0.5, 0.6) is 0 Å². The second kappa shape index (κ2) is 8.35. The molecule has 2 aromatic heterocycles. The Morgan fingerprint density at radius 1 is 1.22 bits per heavy atom. The van der Waals surface area contributed by atoms with Crippen molar-refractivity contribution in [3.63, 3.8) is 0 Å². The Morgan fingerprint density at radius 2 is 1.97 bits per heavy atom. The van der Waals surface area contributed by atoms with E-state index in [1.54, 1.807) is 12.1 Å². The van der Waals surface area contributed by atoms with Crippen LogP contribution in [0.3, 0.4) is 0 Å². The molecular weight excluding hydrogens is 411 g/mol. The zero-order chi connectivity index (χ0) is 22.1. The molecule has 1 amide bonds. The Hall–Kier alpha value is -3.85. The largest absolute Gasteiger partial charge is 0.383 e. The van der Waals surface area contributed by atoms with Gasteiger partial charge >= 0.3 is 0 Å². The van der Waals surface area contributed by atoms with Crippen molar-refractivity contribution in [3.8, 4) is 0 Å². The van der Waals surface area contributed by atoms with Gasteiger partial charge in [0.15, 0.2) is 5.65 Å². The van der Waals surface area contributed by atoms with Crippen LogP contribution < -0.4 is 11.1 Å². The van der Waals surface area contributed by atoms with E-state index in [9.17, 15) is 9.18 Å². The topological polar surface area (TPSA) is 107 Å². The number of nitrogens with two attached hydrogens (primary N) is 1. The third-order valence-electron chi connectivity index (χ3n) is 5.41. The first-order valence-corrected chi connectivity index (χ1v) is 10.4. The first kappa shape index (κ1) is 20.1. The molecule has 8 nitrogen and oxygen atoms in total. The van der Waals surface area contributed by atoms with Gasteiger partial charge in [0.05, 0.1) is 23.4 Å². The van der Waals surface area contributed by atoms with Gasteiger partial charge in [0.25, 0.3) is 5.91 Å². The number of nitrogens with zero attached hydrogens (tertiary/aromatic N) is 4. The summed E-state index contributed by atoms with van der Waals surface area (Å²) in [5.74, 6) is -0.572. The smallest absolute Gasteiger partial charge is 0.257 e. The van der Waals surface area contributed by atoms with Crippen LogP contribution in [0, 0.1) is 5.82 Å². The Kier molecular flexibility index (Phi) is 5.24. The van der Waals surface area contributed by atoms with E-state index in [0.717, 1.165) is 12.8 Å². The van der Waals surface area contributed by atoms with E-state index in [2.05, 4.69) is 20.4 Å². The second-order valence-electron chi connectivity index (χ2n) is 7.60. The molecule has 162 valence electrons. The highest BCUT2D eigenvalue weighted by molar-refractivity contribution is 6.10. The van der Waals surface area contributed by atoms with Gasteiger partial charge in [0.1, 0.15) is 22.7 Å². The van der Waals surface area contributed by atoms with Crippen molar-refractivity contribution < 1.29 is 13.9 Å². The third-order valence-corrected chi connectivity index (χ3v) is 5.41. The summed E-state index contributed by atoms with van der Waals surface area (Å²) in [5, 5.41) is 7.32. The molecule has 1 saturated heterocycles. The zero-order valence-corrected chi connectivity index (χ0v) is 17.2. The van der Waals surface area contributed by atoms with Gasteiger partial charge in [-0.15, -0.1) is 0 Å². The number of ether oxygens (including phenoxy) is 1. The van der Waals surface area contributed by atoms with E-state index >= 15 is 0 Å². The predicted molar refractivity (Wildman–Crippen MR) is 120 cm³/mol. The van der Waals surface area contributed by atoms with E-state index in [1.165, 1.54) is 23.0 Å². The van der Waals surface area contributed by atoms with Crippen LogP contribution >= 0.6 is 0 Å². The van der Waals surface area contributed by atoms with Gasteiger partial charge < -0.3 is 15.8 Å². The fraction of sp³-hybridized carbons (Fsp3) is 0.217. The lowest BCUT2D eigenvalue weighted by Crippen LogP contribution is -2.32. The summed E-state index contributed by atoms with van der Waals surface area (Å²) in [6.07, 6.45) is 3.42. The Bertz CT molecular complexity index is 1330. The molecule has 32 heavy (non-hydrogen) atoms. The molecule has 0 unspecified atom stereocenters. The highest BCUT2D eigenvalue weighted by Crippen LogP contribution is 2.28. The number of nitrogen functional groups attached to an aromatic ring is 1. The van der Waals surface area contributed by atoms with Crippen molar-refractivity contribution in [3.05, 3.63) is 65.5 Å². The van der Waals surface area contributed by atoms with Crippen molar-refractivity contribution in [1.29, 1.82) is 0 Å². The molecule has 4 aromatic rings. The molecule has 0 saturated carbocycles. The predicted octanol–water partition coefficient (Wildman–Crippen LogP) is 3.10. The third kappa shape index (κ3) is 3.78. The molecule has 1 aliphatic heterocycles. The Morgan fingerprint density at radius 3 is 2.69 bits per heavy atom. The minimum absolute atomic E-state index is 0.00284. The molecule has 3 N–H and O–H groups in total. The number of amides is 1. The number of anilines is 1. The zero-order valence-electron chi connectivity index (χ0n) is 17.2. The molecule has 2 aromatic carbocycles. The van der Waals surface area contributed by atoms with Gasteiger partial charge in [-0.05, 0) is 42.7 Å². The van der Waals surface area contributed by atoms with Crippen LogP contribution in [0.2, 0.25) is 0 Å². The number of aromatic nitrogens is 3. The second-order valence-corrected chi connectivity index (χ2v) is 7.60. The molecular formula is C23H21FN6O2. The van der Waals surface area contributed by atoms with Crippen molar-refractivity contribution in [2.24, 2.45) is 5.10 Å². The van der Waals surface area contributed by atoms with E-state index in [1.807, 2.05) is 24.3 Å². The van der Waals surface area contributed by atoms with E-state index in [4.69, 9.17) is 10.5 Å². The lowest BCUT2D eigenvalue weighted by molar-refractivity contribution is 0.0859. The van der Waals surface area contributed by atoms with E-state index in [0.29, 0.717) is 40.9 Å². The lowest BCUT2D eigenvalue weighted by Gasteiger charge is -2.10. The average molecular weight is 432 g/mol. The molecule has 1 atom stereocenters. The fourth-order valence-electron chi connectivity index (χ4n) is 3.76. The van der Waals surface area contributed by atoms with E-state index in [-0.39, 0.29) is 29.2 Å².